The van der Waals surface area contributed by atoms with Crippen molar-refractivity contribution >= 4 is 5.95 Å². The zero-order chi connectivity index (χ0) is 23.4. The first kappa shape index (κ1) is 23.2. The maximum Gasteiger partial charge on any atom is 0.333 e. The Kier molecular flexibility index (Phi) is 7.23. The molecule has 0 amide bonds. The van der Waals surface area contributed by atoms with Crippen LogP contribution in [0.4, 0.5) is 10.3 Å². The summed E-state index contributed by atoms with van der Waals surface area (Å²) in [6, 6.07) is 7.88. The predicted octanol–water partition coefficient (Wildman–Crippen LogP) is 4.82. The van der Waals surface area contributed by atoms with Gasteiger partial charge in [-0.05, 0) is 75.8 Å². The Morgan fingerprint density at radius 3 is 2.61 bits per heavy atom. The van der Waals surface area contributed by atoms with E-state index in [4.69, 9.17) is 9.72 Å². The first-order valence-electron chi connectivity index (χ1n) is 11.7. The lowest BCUT2D eigenvalue weighted by Crippen LogP contribution is -2.27. The lowest BCUT2D eigenvalue weighted by atomic mass is 9.87. The number of anilines is 1. The Labute approximate surface area is 193 Å². The van der Waals surface area contributed by atoms with E-state index >= 15 is 0 Å². The molecule has 1 saturated carbocycles. The molecule has 176 valence electrons. The first-order chi connectivity index (χ1) is 16.0. The minimum Gasteiger partial charge on any atom is -0.380 e. The van der Waals surface area contributed by atoms with Crippen LogP contribution in [0.5, 0.6) is 0 Å². The summed E-state index contributed by atoms with van der Waals surface area (Å²) in [6.07, 6.45) is 8.09. The fourth-order valence-corrected chi connectivity index (χ4v) is 4.33. The lowest BCUT2D eigenvalue weighted by Gasteiger charge is -2.26. The normalized spacial score (nSPS) is 19.4. The Morgan fingerprint density at radius 1 is 1.18 bits per heavy atom. The average molecular weight is 454 g/mol. The largest absolute Gasteiger partial charge is 0.380 e. The summed E-state index contributed by atoms with van der Waals surface area (Å²) in [5.74, 6) is 0.965. The molecule has 4 rings (SSSR count). The molecule has 0 spiro atoms. The molecular formula is C25H32FN5O2. The molecule has 1 atom stereocenters. The zero-order valence-corrected chi connectivity index (χ0v) is 19.5. The highest BCUT2D eigenvalue weighted by molar-refractivity contribution is 5.59. The highest BCUT2D eigenvalue weighted by atomic mass is 19.1. The number of nitrogens with zero attached hydrogens (tertiary/aromatic N) is 4. The lowest BCUT2D eigenvalue weighted by molar-refractivity contribution is 0.118. The van der Waals surface area contributed by atoms with Gasteiger partial charge in [0.15, 0.2) is 0 Å². The molecule has 1 aliphatic rings. The van der Waals surface area contributed by atoms with Gasteiger partial charge in [-0.2, -0.15) is 0 Å². The molecule has 3 aromatic rings. The van der Waals surface area contributed by atoms with Crippen LogP contribution in [0.2, 0.25) is 0 Å². The van der Waals surface area contributed by atoms with Crippen molar-refractivity contribution in [1.29, 1.82) is 0 Å². The summed E-state index contributed by atoms with van der Waals surface area (Å²) < 4.78 is 22.3. The number of rotatable bonds is 8. The van der Waals surface area contributed by atoms with E-state index in [1.165, 1.54) is 25.0 Å². The third kappa shape index (κ3) is 5.33. The number of benzene rings is 1. The highest BCUT2D eigenvalue weighted by Gasteiger charge is 2.21. The summed E-state index contributed by atoms with van der Waals surface area (Å²) in [5, 5.41) is 3.46. The molecule has 2 aromatic heterocycles. The molecule has 0 radical (unpaired) electrons. The Hall–Kier alpha value is -3.00. The van der Waals surface area contributed by atoms with Gasteiger partial charge in [-0.15, -0.1) is 0 Å². The molecule has 1 unspecified atom stereocenters. The quantitative estimate of drug-likeness (QED) is 0.529. The standard InChI is InChI=1S/C25H32FN5O2/c1-4-33-16-18(3)30-15-23(31(25(30)32)21-11-7-19(26)8-12-21)22-13-14-27-24(29-22)28-20-9-5-17(2)6-10-20/h7-8,11-15,17-18,20H,4-6,9-10,16H2,1-3H3,(H,27,28,29)/t17-,18?,20-. The topological polar surface area (TPSA) is 74.0 Å². The predicted molar refractivity (Wildman–Crippen MR) is 127 cm³/mol. The number of ether oxygens (including phenoxy) is 1. The SMILES string of the molecule is CCOCC(C)n1cc(-c2ccnc(N[C@H]3CC[C@H](C)CC3)n2)n(-c2ccc(F)cc2)c1=O. The van der Waals surface area contributed by atoms with E-state index in [0.717, 1.165) is 18.8 Å². The second kappa shape index (κ2) is 10.3. The second-order valence-electron chi connectivity index (χ2n) is 8.89. The van der Waals surface area contributed by atoms with E-state index in [2.05, 4.69) is 17.2 Å². The van der Waals surface area contributed by atoms with E-state index in [0.29, 0.717) is 42.3 Å². The molecule has 2 heterocycles. The van der Waals surface area contributed by atoms with Gasteiger partial charge in [-0.1, -0.05) is 6.92 Å². The van der Waals surface area contributed by atoms with Gasteiger partial charge in [0.25, 0.3) is 0 Å². The summed E-state index contributed by atoms with van der Waals surface area (Å²) in [7, 11) is 0. The van der Waals surface area contributed by atoms with Crippen molar-refractivity contribution in [3.63, 3.8) is 0 Å². The van der Waals surface area contributed by atoms with Crippen LogP contribution in [0, 0.1) is 11.7 Å². The van der Waals surface area contributed by atoms with Crippen LogP contribution in [0.15, 0.2) is 47.5 Å². The summed E-state index contributed by atoms with van der Waals surface area (Å²) in [4.78, 5) is 22.5. The maximum atomic E-state index is 13.6. The molecule has 0 aliphatic heterocycles. The summed E-state index contributed by atoms with van der Waals surface area (Å²) >= 11 is 0. The molecular weight excluding hydrogens is 421 g/mol. The van der Waals surface area contributed by atoms with Crippen LogP contribution in [-0.4, -0.2) is 38.4 Å². The van der Waals surface area contributed by atoms with Gasteiger partial charge in [0.05, 0.1) is 29.7 Å². The number of hydrogen-bond donors (Lipinski definition) is 1. The van der Waals surface area contributed by atoms with E-state index in [-0.39, 0.29) is 17.5 Å². The van der Waals surface area contributed by atoms with Crippen molar-refractivity contribution in [3.05, 3.63) is 59.0 Å². The summed E-state index contributed by atoms with van der Waals surface area (Å²) in [6.45, 7) is 7.14. The van der Waals surface area contributed by atoms with Gasteiger partial charge in [0.1, 0.15) is 5.82 Å². The second-order valence-corrected chi connectivity index (χ2v) is 8.89. The Balaban J connectivity index is 1.71. The molecule has 0 saturated heterocycles. The van der Waals surface area contributed by atoms with Crippen molar-refractivity contribution in [1.82, 2.24) is 19.1 Å². The van der Waals surface area contributed by atoms with Crippen LogP contribution in [-0.2, 0) is 4.74 Å². The number of aromatic nitrogens is 4. The highest BCUT2D eigenvalue weighted by Crippen LogP contribution is 2.26. The van der Waals surface area contributed by atoms with E-state index in [9.17, 15) is 9.18 Å². The molecule has 8 heteroatoms. The third-order valence-corrected chi connectivity index (χ3v) is 6.30. The van der Waals surface area contributed by atoms with Gasteiger partial charge in [-0.3, -0.25) is 9.13 Å². The number of halogens is 1. The Morgan fingerprint density at radius 2 is 1.91 bits per heavy atom. The average Bonchev–Trinajstić information content (AvgIpc) is 3.17. The van der Waals surface area contributed by atoms with Gasteiger partial charge in [0, 0.05) is 25.0 Å². The minimum absolute atomic E-state index is 0.165. The third-order valence-electron chi connectivity index (χ3n) is 6.30. The number of hydrogen-bond acceptors (Lipinski definition) is 5. The molecule has 7 nitrogen and oxygen atoms in total. The molecule has 1 aromatic carbocycles. The fraction of sp³-hybridized carbons (Fsp3) is 0.480. The van der Waals surface area contributed by atoms with E-state index in [1.54, 1.807) is 39.7 Å². The zero-order valence-electron chi connectivity index (χ0n) is 19.5. The van der Waals surface area contributed by atoms with Crippen molar-refractivity contribution in [2.45, 2.75) is 58.5 Å². The van der Waals surface area contributed by atoms with E-state index < -0.39 is 0 Å². The summed E-state index contributed by atoms with van der Waals surface area (Å²) in [5.41, 5.74) is 1.60. The monoisotopic (exact) mass is 453 g/mol. The van der Waals surface area contributed by atoms with Crippen LogP contribution < -0.4 is 11.0 Å². The van der Waals surface area contributed by atoms with Crippen molar-refractivity contribution in [2.24, 2.45) is 5.92 Å². The van der Waals surface area contributed by atoms with Crippen LogP contribution in [0.3, 0.4) is 0 Å². The molecule has 1 aliphatic carbocycles. The van der Waals surface area contributed by atoms with Crippen molar-refractivity contribution < 1.29 is 9.13 Å². The van der Waals surface area contributed by atoms with Gasteiger partial charge in [0.2, 0.25) is 5.95 Å². The molecule has 0 bridgehead atoms. The number of nitrogens with one attached hydrogen (secondary N) is 1. The van der Waals surface area contributed by atoms with Crippen molar-refractivity contribution in [2.75, 3.05) is 18.5 Å². The Bertz CT molecular complexity index is 1120. The van der Waals surface area contributed by atoms with Crippen LogP contribution in [0.1, 0.15) is 52.5 Å². The van der Waals surface area contributed by atoms with Crippen LogP contribution in [0.25, 0.3) is 17.1 Å². The van der Waals surface area contributed by atoms with Gasteiger partial charge >= 0.3 is 5.69 Å². The first-order valence-corrected chi connectivity index (χ1v) is 11.7. The fourth-order valence-electron chi connectivity index (χ4n) is 4.33. The van der Waals surface area contributed by atoms with Gasteiger partial charge in [-0.25, -0.2) is 19.2 Å². The van der Waals surface area contributed by atoms with Crippen LogP contribution >= 0.6 is 0 Å². The van der Waals surface area contributed by atoms with Crippen molar-refractivity contribution in [3.8, 4) is 17.1 Å². The van der Waals surface area contributed by atoms with E-state index in [1.807, 2.05) is 13.8 Å². The molecule has 33 heavy (non-hydrogen) atoms. The maximum absolute atomic E-state index is 13.6. The molecule has 1 fully saturated rings. The smallest absolute Gasteiger partial charge is 0.333 e. The molecule has 1 N–H and O–H groups in total. The minimum atomic E-state index is -0.354. The van der Waals surface area contributed by atoms with Gasteiger partial charge < -0.3 is 10.1 Å². The number of imidazole rings is 1.